The van der Waals surface area contributed by atoms with E-state index in [4.69, 9.17) is 5.73 Å². The van der Waals surface area contributed by atoms with Gasteiger partial charge in [0.05, 0.1) is 12.1 Å². The number of carbonyl (C=O) groups is 1. The molecule has 21 heavy (non-hydrogen) atoms. The minimum atomic E-state index is -0.101. The second-order valence-electron chi connectivity index (χ2n) is 5.67. The number of pyridine rings is 1. The Kier molecular flexibility index (Phi) is 7.49. The molecule has 1 rings (SSSR count). The van der Waals surface area contributed by atoms with Gasteiger partial charge in [0, 0.05) is 24.0 Å². The van der Waals surface area contributed by atoms with Crippen LogP contribution < -0.4 is 11.1 Å². The average molecular weight is 287 g/mol. The number of amides is 1. The number of rotatable bonds is 6. The highest BCUT2D eigenvalue weighted by Gasteiger charge is 2.10. The van der Waals surface area contributed by atoms with E-state index in [-0.39, 0.29) is 11.9 Å². The summed E-state index contributed by atoms with van der Waals surface area (Å²) in [4.78, 5) is 16.2. The van der Waals surface area contributed by atoms with Crippen molar-refractivity contribution in [1.29, 1.82) is 0 Å². The maximum atomic E-state index is 12.2. The molecule has 0 radical (unpaired) electrons. The number of nitrogens with two attached hydrogens (primary N) is 1. The molecule has 1 unspecified atom stereocenters. The standard InChI is InChI=1S/C17H25N3O/c1-13(2)6-4-7-14(3)20-17(21)16-10-15(8-5-9-18)11-19-12-16/h10-14H,4,6-7,9,18H2,1-3H3,(H,20,21). The van der Waals surface area contributed by atoms with Crippen LogP contribution in [0.2, 0.25) is 0 Å². The van der Waals surface area contributed by atoms with Crippen LogP contribution in [0.15, 0.2) is 18.5 Å². The number of nitrogens with zero attached hydrogens (tertiary/aromatic N) is 1. The van der Waals surface area contributed by atoms with E-state index in [1.165, 1.54) is 6.42 Å². The zero-order valence-corrected chi connectivity index (χ0v) is 13.1. The third kappa shape index (κ3) is 6.92. The molecule has 0 saturated carbocycles. The Morgan fingerprint density at radius 3 is 2.76 bits per heavy atom. The van der Waals surface area contributed by atoms with Crippen molar-refractivity contribution in [3.8, 4) is 11.8 Å². The summed E-state index contributed by atoms with van der Waals surface area (Å²) in [5.74, 6) is 6.24. The summed E-state index contributed by atoms with van der Waals surface area (Å²) in [6, 6.07) is 1.90. The third-order valence-corrected chi connectivity index (χ3v) is 3.13. The zero-order valence-electron chi connectivity index (χ0n) is 13.1. The van der Waals surface area contributed by atoms with Crippen LogP contribution >= 0.6 is 0 Å². The maximum Gasteiger partial charge on any atom is 0.253 e. The lowest BCUT2D eigenvalue weighted by Gasteiger charge is -2.14. The number of aromatic nitrogens is 1. The Balaban J connectivity index is 2.55. The quantitative estimate of drug-likeness (QED) is 0.789. The van der Waals surface area contributed by atoms with Crippen LogP contribution in [0.1, 0.15) is 56.0 Å². The van der Waals surface area contributed by atoms with Crippen molar-refractivity contribution in [2.24, 2.45) is 11.7 Å². The topological polar surface area (TPSA) is 68.0 Å². The molecule has 114 valence electrons. The predicted molar refractivity (Wildman–Crippen MR) is 85.8 cm³/mol. The Labute approximate surface area is 127 Å². The van der Waals surface area contributed by atoms with Crippen molar-refractivity contribution >= 4 is 5.91 Å². The van der Waals surface area contributed by atoms with Gasteiger partial charge in [-0.1, -0.05) is 38.5 Å². The lowest BCUT2D eigenvalue weighted by atomic mass is 10.0. The van der Waals surface area contributed by atoms with E-state index < -0.39 is 0 Å². The maximum absolute atomic E-state index is 12.2. The highest BCUT2D eigenvalue weighted by molar-refractivity contribution is 5.94. The summed E-state index contributed by atoms with van der Waals surface area (Å²) in [7, 11) is 0. The molecule has 0 aliphatic rings. The minimum absolute atomic E-state index is 0.101. The summed E-state index contributed by atoms with van der Waals surface area (Å²) in [5, 5.41) is 3.00. The summed E-state index contributed by atoms with van der Waals surface area (Å²) in [6.45, 7) is 6.75. The molecule has 1 atom stereocenters. The van der Waals surface area contributed by atoms with E-state index in [1.807, 2.05) is 6.92 Å². The fourth-order valence-electron chi connectivity index (χ4n) is 2.00. The van der Waals surface area contributed by atoms with Crippen LogP contribution in [-0.4, -0.2) is 23.5 Å². The molecule has 0 aliphatic heterocycles. The monoisotopic (exact) mass is 287 g/mol. The van der Waals surface area contributed by atoms with Crippen LogP contribution in [0.3, 0.4) is 0 Å². The molecular formula is C17H25N3O. The van der Waals surface area contributed by atoms with Gasteiger partial charge in [-0.15, -0.1) is 0 Å². The van der Waals surface area contributed by atoms with Gasteiger partial charge in [-0.25, -0.2) is 0 Å². The molecule has 1 amide bonds. The first-order chi connectivity index (χ1) is 10.0. The normalized spacial score (nSPS) is 11.7. The van der Waals surface area contributed by atoms with Crippen LogP contribution in [0, 0.1) is 17.8 Å². The summed E-state index contributed by atoms with van der Waals surface area (Å²) >= 11 is 0. The van der Waals surface area contributed by atoms with Crippen LogP contribution in [-0.2, 0) is 0 Å². The summed E-state index contributed by atoms with van der Waals surface area (Å²) < 4.78 is 0. The molecule has 0 fully saturated rings. The van der Waals surface area contributed by atoms with Gasteiger partial charge in [0.1, 0.15) is 0 Å². The molecule has 4 heteroatoms. The molecule has 0 spiro atoms. The van der Waals surface area contributed by atoms with Crippen LogP contribution in [0.4, 0.5) is 0 Å². The third-order valence-electron chi connectivity index (χ3n) is 3.13. The van der Waals surface area contributed by atoms with Crippen molar-refractivity contribution in [3.63, 3.8) is 0 Å². The second kappa shape index (κ2) is 9.15. The molecule has 0 bridgehead atoms. The lowest BCUT2D eigenvalue weighted by molar-refractivity contribution is 0.0937. The van der Waals surface area contributed by atoms with Gasteiger partial charge in [-0.05, 0) is 25.3 Å². The SMILES string of the molecule is CC(C)CCCC(C)NC(=O)c1cncc(C#CCN)c1. The fourth-order valence-corrected chi connectivity index (χ4v) is 2.00. The van der Waals surface area contributed by atoms with E-state index in [1.54, 1.807) is 18.5 Å². The van der Waals surface area contributed by atoms with Gasteiger partial charge in [0.15, 0.2) is 0 Å². The number of hydrogen-bond donors (Lipinski definition) is 2. The highest BCUT2D eigenvalue weighted by atomic mass is 16.1. The molecule has 0 aliphatic carbocycles. The molecule has 1 aromatic heterocycles. The molecule has 1 aromatic rings. The average Bonchev–Trinajstić information content (AvgIpc) is 2.45. The van der Waals surface area contributed by atoms with Gasteiger partial charge in [-0.2, -0.15) is 0 Å². The van der Waals surface area contributed by atoms with Gasteiger partial charge in [-0.3, -0.25) is 9.78 Å². The Morgan fingerprint density at radius 2 is 2.10 bits per heavy atom. The molecule has 0 saturated heterocycles. The predicted octanol–water partition coefficient (Wildman–Crippen LogP) is 2.34. The summed E-state index contributed by atoms with van der Waals surface area (Å²) in [5.41, 5.74) is 6.58. The van der Waals surface area contributed by atoms with E-state index in [0.717, 1.165) is 12.8 Å². The second-order valence-corrected chi connectivity index (χ2v) is 5.67. The van der Waals surface area contributed by atoms with E-state index in [9.17, 15) is 4.79 Å². The fraction of sp³-hybridized carbons (Fsp3) is 0.529. The lowest BCUT2D eigenvalue weighted by Crippen LogP contribution is -2.32. The van der Waals surface area contributed by atoms with E-state index in [2.05, 4.69) is 36.0 Å². The summed E-state index contributed by atoms with van der Waals surface area (Å²) in [6.07, 6.45) is 6.49. The van der Waals surface area contributed by atoms with Crippen LogP contribution in [0.5, 0.6) is 0 Å². The molecule has 0 aromatic carbocycles. The minimum Gasteiger partial charge on any atom is -0.350 e. The van der Waals surface area contributed by atoms with Crippen LogP contribution in [0.25, 0.3) is 0 Å². The number of hydrogen-bond acceptors (Lipinski definition) is 3. The number of carbonyl (C=O) groups excluding carboxylic acids is 1. The van der Waals surface area contributed by atoms with Crippen molar-refractivity contribution < 1.29 is 4.79 Å². The smallest absolute Gasteiger partial charge is 0.253 e. The Bertz CT molecular complexity index is 514. The van der Waals surface area contributed by atoms with Gasteiger partial charge >= 0.3 is 0 Å². The first-order valence-electron chi connectivity index (χ1n) is 7.47. The molecule has 4 nitrogen and oxygen atoms in total. The van der Waals surface area contributed by atoms with Gasteiger partial charge in [0.25, 0.3) is 5.91 Å². The van der Waals surface area contributed by atoms with Gasteiger partial charge in [0.2, 0.25) is 0 Å². The molecule has 3 N–H and O–H groups in total. The van der Waals surface area contributed by atoms with E-state index in [0.29, 0.717) is 23.6 Å². The highest BCUT2D eigenvalue weighted by Crippen LogP contribution is 2.09. The number of nitrogens with one attached hydrogen (secondary N) is 1. The Hall–Kier alpha value is -1.86. The van der Waals surface area contributed by atoms with Gasteiger partial charge < -0.3 is 11.1 Å². The van der Waals surface area contributed by atoms with Crippen molar-refractivity contribution in [1.82, 2.24) is 10.3 Å². The molecular weight excluding hydrogens is 262 g/mol. The Morgan fingerprint density at radius 1 is 1.33 bits per heavy atom. The van der Waals surface area contributed by atoms with Crippen molar-refractivity contribution in [2.45, 2.75) is 46.1 Å². The zero-order chi connectivity index (χ0) is 15.7. The molecule has 1 heterocycles. The largest absolute Gasteiger partial charge is 0.350 e. The van der Waals surface area contributed by atoms with E-state index >= 15 is 0 Å². The first-order valence-corrected chi connectivity index (χ1v) is 7.47. The van der Waals surface area contributed by atoms with Crippen molar-refractivity contribution in [2.75, 3.05) is 6.54 Å². The first kappa shape index (κ1) is 17.2. The van der Waals surface area contributed by atoms with Crippen molar-refractivity contribution in [3.05, 3.63) is 29.6 Å².